The standard InChI is InChI=1S/C16H14Br2N2O5S/c17-8-25-16(23)10-6-7-26(24)15-12(14(22)20(10)15)19-13(21)11(18)9-4-2-1-3-5-9/h1-6,11-12,15H,7-8H2,(H,19,21)/t11?,12?,15-,26?/m0/s1. The Morgan fingerprint density at radius 2 is 2.04 bits per heavy atom. The highest BCUT2D eigenvalue weighted by molar-refractivity contribution is 9.09. The van der Waals surface area contributed by atoms with E-state index in [4.69, 9.17) is 4.74 Å². The van der Waals surface area contributed by atoms with Crippen molar-refractivity contribution < 1.29 is 23.3 Å². The van der Waals surface area contributed by atoms with E-state index in [0.717, 1.165) is 10.5 Å². The van der Waals surface area contributed by atoms with Crippen LogP contribution in [0.3, 0.4) is 0 Å². The molecule has 138 valence electrons. The van der Waals surface area contributed by atoms with Gasteiger partial charge in [-0.2, -0.15) is 0 Å². The predicted octanol–water partition coefficient (Wildman–Crippen LogP) is 1.32. The summed E-state index contributed by atoms with van der Waals surface area (Å²) in [5.41, 5.74) is 0.782. The van der Waals surface area contributed by atoms with Crippen LogP contribution in [0.25, 0.3) is 0 Å². The molecule has 0 spiro atoms. The Kier molecular flexibility index (Phi) is 5.93. The van der Waals surface area contributed by atoms with Gasteiger partial charge in [0.25, 0.3) is 5.91 Å². The van der Waals surface area contributed by atoms with Crippen LogP contribution in [0, 0.1) is 0 Å². The average molecular weight is 506 g/mol. The van der Waals surface area contributed by atoms with Crippen molar-refractivity contribution >= 4 is 60.4 Å². The molecule has 1 aromatic carbocycles. The smallest absolute Gasteiger partial charge is 0.355 e. The molecule has 1 fully saturated rings. The number of amides is 2. The lowest BCUT2D eigenvalue weighted by molar-refractivity contribution is -0.152. The molecule has 1 aromatic rings. The molecule has 2 aliphatic rings. The fraction of sp³-hybridized carbons (Fsp3) is 0.312. The van der Waals surface area contributed by atoms with E-state index < -0.39 is 44.8 Å². The largest absolute Gasteiger partial charge is 0.449 e. The Morgan fingerprint density at radius 1 is 1.35 bits per heavy atom. The summed E-state index contributed by atoms with van der Waals surface area (Å²) >= 11 is 6.29. The summed E-state index contributed by atoms with van der Waals surface area (Å²) in [6.07, 6.45) is 1.42. The number of carbonyl (C=O) groups excluding carboxylic acids is 3. The molecule has 1 saturated heterocycles. The highest BCUT2D eigenvalue weighted by Gasteiger charge is 2.56. The van der Waals surface area contributed by atoms with Gasteiger partial charge in [-0.1, -0.05) is 46.3 Å². The molecular weight excluding hydrogens is 492 g/mol. The summed E-state index contributed by atoms with van der Waals surface area (Å²) in [7, 11) is -1.42. The Labute approximate surface area is 168 Å². The predicted molar refractivity (Wildman–Crippen MR) is 102 cm³/mol. The van der Waals surface area contributed by atoms with Crippen LogP contribution in [-0.4, -0.2) is 49.6 Å². The lowest BCUT2D eigenvalue weighted by atomic mass is 10.0. The molecule has 0 aliphatic carbocycles. The Bertz CT molecular complexity index is 801. The molecule has 0 saturated carbocycles. The van der Waals surface area contributed by atoms with E-state index in [9.17, 15) is 18.6 Å². The molecule has 3 rings (SSSR count). The quantitative estimate of drug-likeness (QED) is 0.370. The van der Waals surface area contributed by atoms with Gasteiger partial charge in [-0.15, -0.1) is 0 Å². The third kappa shape index (κ3) is 3.49. The molecule has 2 amide bonds. The van der Waals surface area contributed by atoms with Crippen molar-refractivity contribution in [2.45, 2.75) is 16.2 Å². The molecule has 0 radical (unpaired) electrons. The monoisotopic (exact) mass is 504 g/mol. The zero-order chi connectivity index (χ0) is 18.8. The molecule has 10 heteroatoms. The maximum Gasteiger partial charge on any atom is 0.355 e. The fourth-order valence-electron chi connectivity index (χ4n) is 2.79. The normalized spacial score (nSPS) is 25.5. The summed E-state index contributed by atoms with van der Waals surface area (Å²) < 4.78 is 17.2. The molecule has 26 heavy (non-hydrogen) atoms. The second kappa shape index (κ2) is 8.01. The Balaban J connectivity index is 1.73. The highest BCUT2D eigenvalue weighted by atomic mass is 79.9. The van der Waals surface area contributed by atoms with Crippen LogP contribution in [0.5, 0.6) is 0 Å². The number of benzene rings is 1. The first-order valence-corrected chi connectivity index (χ1v) is 11.0. The summed E-state index contributed by atoms with van der Waals surface area (Å²) in [6.45, 7) is 0. The van der Waals surface area contributed by atoms with E-state index in [1.807, 2.05) is 6.07 Å². The second-order valence-corrected chi connectivity index (χ2v) is 8.49. The average Bonchev–Trinajstić information content (AvgIpc) is 2.65. The maximum absolute atomic E-state index is 12.5. The number of halogens is 2. The first-order valence-electron chi connectivity index (χ1n) is 7.58. The number of β-lactam (4-membered cyclic amide) rings is 1. The van der Waals surface area contributed by atoms with Crippen LogP contribution < -0.4 is 5.32 Å². The zero-order valence-corrected chi connectivity index (χ0v) is 17.3. The number of ether oxygens (including phenoxy) is 1. The number of hydrogen-bond donors (Lipinski definition) is 1. The lowest BCUT2D eigenvalue weighted by Gasteiger charge is -2.48. The maximum atomic E-state index is 12.5. The molecule has 0 aromatic heterocycles. The van der Waals surface area contributed by atoms with Crippen LogP contribution in [0.15, 0.2) is 42.1 Å². The minimum atomic E-state index is -1.42. The molecule has 3 unspecified atom stereocenters. The van der Waals surface area contributed by atoms with Crippen LogP contribution in [0.2, 0.25) is 0 Å². The van der Waals surface area contributed by atoms with Gasteiger partial charge in [0.1, 0.15) is 27.5 Å². The van der Waals surface area contributed by atoms with Crippen molar-refractivity contribution in [2.75, 3.05) is 11.3 Å². The second-order valence-electron chi connectivity index (χ2n) is 5.54. The zero-order valence-electron chi connectivity index (χ0n) is 13.3. The van der Waals surface area contributed by atoms with Gasteiger partial charge < -0.3 is 10.1 Å². The van der Waals surface area contributed by atoms with E-state index in [0.29, 0.717) is 0 Å². The molecule has 4 atom stereocenters. The number of nitrogens with one attached hydrogen (secondary N) is 1. The molecular formula is C16H14Br2N2O5S. The van der Waals surface area contributed by atoms with Crippen LogP contribution >= 0.6 is 31.9 Å². The molecule has 0 bridgehead atoms. The number of hydrogen-bond acceptors (Lipinski definition) is 5. The number of rotatable bonds is 5. The summed E-state index contributed by atoms with van der Waals surface area (Å²) in [6, 6.07) is 8.06. The van der Waals surface area contributed by atoms with Gasteiger partial charge in [-0.05, 0) is 27.6 Å². The molecule has 2 heterocycles. The number of carbonyl (C=O) groups is 3. The molecule has 7 nitrogen and oxygen atoms in total. The van der Waals surface area contributed by atoms with Crippen molar-refractivity contribution in [3.63, 3.8) is 0 Å². The van der Waals surface area contributed by atoms with Gasteiger partial charge in [-0.3, -0.25) is 18.7 Å². The summed E-state index contributed by atoms with van der Waals surface area (Å²) in [5, 5.41) is 1.85. The van der Waals surface area contributed by atoms with Crippen molar-refractivity contribution in [1.29, 1.82) is 0 Å². The third-order valence-electron chi connectivity index (χ3n) is 4.03. The first-order chi connectivity index (χ1) is 12.5. The Hall–Kier alpha value is -1.52. The topological polar surface area (TPSA) is 92.8 Å². The van der Waals surface area contributed by atoms with E-state index in [1.165, 1.54) is 6.08 Å². The van der Waals surface area contributed by atoms with Crippen molar-refractivity contribution in [1.82, 2.24) is 10.2 Å². The van der Waals surface area contributed by atoms with Gasteiger partial charge >= 0.3 is 5.97 Å². The van der Waals surface area contributed by atoms with E-state index in [-0.39, 0.29) is 17.0 Å². The number of fused-ring (bicyclic) bond motifs is 1. The van der Waals surface area contributed by atoms with E-state index in [2.05, 4.69) is 37.2 Å². The minimum Gasteiger partial charge on any atom is -0.449 e. The highest BCUT2D eigenvalue weighted by Crippen LogP contribution is 2.33. The van der Waals surface area contributed by atoms with E-state index >= 15 is 0 Å². The van der Waals surface area contributed by atoms with E-state index in [1.54, 1.807) is 24.3 Å². The van der Waals surface area contributed by atoms with Crippen LogP contribution in [-0.2, 0) is 29.9 Å². The van der Waals surface area contributed by atoms with Gasteiger partial charge in [0.05, 0.1) is 10.8 Å². The summed E-state index contributed by atoms with van der Waals surface area (Å²) in [5.74, 6) is -1.46. The lowest BCUT2D eigenvalue weighted by Crippen LogP contribution is -2.73. The fourth-order valence-corrected chi connectivity index (χ4v) is 4.89. The van der Waals surface area contributed by atoms with Gasteiger partial charge in [-0.25, -0.2) is 4.79 Å². The summed E-state index contributed by atoms with van der Waals surface area (Å²) in [4.78, 5) is 37.4. The number of nitrogens with zero attached hydrogens (tertiary/aromatic N) is 1. The third-order valence-corrected chi connectivity index (χ3v) is 6.72. The van der Waals surface area contributed by atoms with Gasteiger partial charge in [0.15, 0.2) is 0 Å². The van der Waals surface area contributed by atoms with Gasteiger partial charge in [0.2, 0.25) is 5.91 Å². The van der Waals surface area contributed by atoms with Crippen molar-refractivity contribution in [3.8, 4) is 0 Å². The van der Waals surface area contributed by atoms with Crippen molar-refractivity contribution in [3.05, 3.63) is 47.7 Å². The minimum absolute atomic E-state index is 0.0124. The first kappa shape index (κ1) is 19.2. The van der Waals surface area contributed by atoms with Crippen LogP contribution in [0.1, 0.15) is 10.4 Å². The Morgan fingerprint density at radius 3 is 2.69 bits per heavy atom. The SMILES string of the molecule is O=C(OCBr)C1=CCS(=O)[C@H]2C(NC(=O)C(Br)c3ccccc3)C(=O)N12. The van der Waals surface area contributed by atoms with Crippen LogP contribution in [0.4, 0.5) is 0 Å². The molecule has 2 aliphatic heterocycles. The van der Waals surface area contributed by atoms with Gasteiger partial charge in [0, 0.05) is 5.75 Å². The number of esters is 1. The number of alkyl halides is 2. The molecule has 1 N–H and O–H groups in total. The van der Waals surface area contributed by atoms with Crippen molar-refractivity contribution in [2.24, 2.45) is 0 Å².